The third-order valence-corrected chi connectivity index (χ3v) is 4.10. The zero-order valence-corrected chi connectivity index (χ0v) is 16.0. The summed E-state index contributed by atoms with van der Waals surface area (Å²) in [6, 6.07) is 14.8. The standard InChI is InChI=1S/C21H26N2O4/c1-4-17-7-5-6-8-20(17)23(16(2)24)15-21(25)22-13-14-27-19-11-9-18(26-3)10-12-19/h5-12H,4,13-15H2,1-3H3,(H,22,25). The fraction of sp³-hybridized carbons (Fsp3) is 0.333. The molecule has 0 aliphatic carbocycles. The van der Waals surface area contributed by atoms with Crippen LogP contribution in [0.5, 0.6) is 11.5 Å². The predicted octanol–water partition coefficient (Wildman–Crippen LogP) is 2.81. The summed E-state index contributed by atoms with van der Waals surface area (Å²) >= 11 is 0. The molecule has 6 heteroatoms. The van der Waals surface area contributed by atoms with Crippen LogP contribution < -0.4 is 19.7 Å². The summed E-state index contributed by atoms with van der Waals surface area (Å²) in [6.07, 6.45) is 0.789. The second-order valence-corrected chi connectivity index (χ2v) is 5.96. The lowest BCUT2D eigenvalue weighted by Crippen LogP contribution is -2.41. The van der Waals surface area contributed by atoms with Gasteiger partial charge in [-0.3, -0.25) is 9.59 Å². The van der Waals surface area contributed by atoms with Crippen LogP contribution in [-0.4, -0.2) is 38.6 Å². The highest BCUT2D eigenvalue weighted by atomic mass is 16.5. The quantitative estimate of drug-likeness (QED) is 0.689. The van der Waals surface area contributed by atoms with E-state index in [1.165, 1.54) is 11.8 Å². The maximum absolute atomic E-state index is 12.2. The largest absolute Gasteiger partial charge is 0.497 e. The summed E-state index contributed by atoms with van der Waals surface area (Å²) in [5.41, 5.74) is 1.81. The van der Waals surface area contributed by atoms with Gasteiger partial charge in [0.1, 0.15) is 24.7 Å². The third kappa shape index (κ3) is 6.02. The van der Waals surface area contributed by atoms with E-state index in [4.69, 9.17) is 9.47 Å². The number of nitrogens with one attached hydrogen (secondary N) is 1. The first-order valence-electron chi connectivity index (χ1n) is 8.94. The lowest BCUT2D eigenvalue weighted by Gasteiger charge is -2.23. The number of rotatable bonds is 9. The van der Waals surface area contributed by atoms with Gasteiger partial charge in [0.05, 0.1) is 13.7 Å². The molecule has 2 aromatic rings. The molecule has 2 aromatic carbocycles. The van der Waals surface area contributed by atoms with Crippen molar-refractivity contribution in [3.8, 4) is 11.5 Å². The molecule has 6 nitrogen and oxygen atoms in total. The Bertz CT molecular complexity index is 759. The molecule has 0 atom stereocenters. The Morgan fingerprint density at radius 1 is 1.04 bits per heavy atom. The Balaban J connectivity index is 1.84. The van der Waals surface area contributed by atoms with Gasteiger partial charge in [-0.05, 0) is 42.3 Å². The molecule has 0 heterocycles. The van der Waals surface area contributed by atoms with Crippen molar-refractivity contribution >= 4 is 17.5 Å². The number of anilines is 1. The predicted molar refractivity (Wildman–Crippen MR) is 105 cm³/mol. The number of hydrogen-bond donors (Lipinski definition) is 1. The minimum Gasteiger partial charge on any atom is -0.497 e. The van der Waals surface area contributed by atoms with Crippen LogP contribution in [0.25, 0.3) is 0 Å². The highest BCUT2D eigenvalue weighted by Gasteiger charge is 2.17. The van der Waals surface area contributed by atoms with E-state index in [-0.39, 0.29) is 18.4 Å². The Morgan fingerprint density at radius 2 is 1.70 bits per heavy atom. The molecule has 0 bridgehead atoms. The number of methoxy groups -OCH3 is 1. The number of hydrogen-bond acceptors (Lipinski definition) is 4. The van der Waals surface area contributed by atoms with Crippen LogP contribution >= 0.6 is 0 Å². The third-order valence-electron chi connectivity index (χ3n) is 4.10. The van der Waals surface area contributed by atoms with Crippen LogP contribution in [0, 0.1) is 0 Å². The fourth-order valence-corrected chi connectivity index (χ4v) is 2.67. The smallest absolute Gasteiger partial charge is 0.240 e. The molecule has 0 saturated heterocycles. The van der Waals surface area contributed by atoms with Crippen LogP contribution in [-0.2, 0) is 16.0 Å². The molecular formula is C21H26N2O4. The summed E-state index contributed by atoms with van der Waals surface area (Å²) < 4.78 is 10.7. The van der Waals surface area contributed by atoms with Crippen LogP contribution in [0.4, 0.5) is 5.69 Å². The minimum absolute atomic E-state index is 0.0190. The van der Waals surface area contributed by atoms with E-state index < -0.39 is 0 Å². The number of benzene rings is 2. The number of amides is 2. The molecule has 27 heavy (non-hydrogen) atoms. The first-order chi connectivity index (χ1) is 13.0. The van der Waals surface area contributed by atoms with Gasteiger partial charge in [0.25, 0.3) is 0 Å². The van der Waals surface area contributed by atoms with Crippen LogP contribution in [0.3, 0.4) is 0 Å². The molecule has 2 amide bonds. The van der Waals surface area contributed by atoms with E-state index in [2.05, 4.69) is 5.32 Å². The molecule has 0 fully saturated rings. The van der Waals surface area contributed by atoms with E-state index in [1.807, 2.05) is 43.3 Å². The van der Waals surface area contributed by atoms with Gasteiger partial charge in [0.2, 0.25) is 11.8 Å². The molecule has 0 radical (unpaired) electrons. The molecular weight excluding hydrogens is 344 g/mol. The summed E-state index contributed by atoms with van der Waals surface area (Å²) in [6.45, 7) is 4.16. The number of carbonyl (C=O) groups excluding carboxylic acids is 2. The van der Waals surface area contributed by atoms with Crippen molar-refractivity contribution in [2.75, 3.05) is 31.7 Å². The molecule has 144 valence electrons. The highest BCUT2D eigenvalue weighted by Crippen LogP contribution is 2.21. The van der Waals surface area contributed by atoms with Gasteiger partial charge in [0.15, 0.2) is 0 Å². The monoisotopic (exact) mass is 370 g/mol. The van der Waals surface area contributed by atoms with Crippen molar-refractivity contribution in [2.24, 2.45) is 0 Å². The van der Waals surface area contributed by atoms with Gasteiger partial charge in [-0.2, -0.15) is 0 Å². The van der Waals surface area contributed by atoms with Crippen molar-refractivity contribution < 1.29 is 19.1 Å². The van der Waals surface area contributed by atoms with Crippen LogP contribution in [0.2, 0.25) is 0 Å². The summed E-state index contributed by atoms with van der Waals surface area (Å²) in [5.74, 6) is 1.06. The lowest BCUT2D eigenvalue weighted by molar-refractivity contribution is -0.123. The van der Waals surface area contributed by atoms with E-state index in [1.54, 1.807) is 19.2 Å². The second-order valence-electron chi connectivity index (χ2n) is 5.96. The maximum Gasteiger partial charge on any atom is 0.240 e. The normalized spacial score (nSPS) is 10.2. The Morgan fingerprint density at radius 3 is 2.33 bits per heavy atom. The van der Waals surface area contributed by atoms with Gasteiger partial charge in [0, 0.05) is 12.6 Å². The minimum atomic E-state index is -0.227. The first kappa shape index (κ1) is 20.3. The summed E-state index contributed by atoms with van der Waals surface area (Å²) in [5, 5.41) is 2.79. The van der Waals surface area contributed by atoms with E-state index in [9.17, 15) is 9.59 Å². The zero-order valence-electron chi connectivity index (χ0n) is 16.0. The molecule has 0 aromatic heterocycles. The zero-order chi connectivity index (χ0) is 19.6. The topological polar surface area (TPSA) is 67.9 Å². The SMILES string of the molecule is CCc1ccccc1N(CC(=O)NCCOc1ccc(OC)cc1)C(C)=O. The van der Waals surface area contributed by atoms with Gasteiger partial charge in [-0.15, -0.1) is 0 Å². The Kier molecular flexibility index (Phi) is 7.67. The van der Waals surface area contributed by atoms with Gasteiger partial charge in [-0.1, -0.05) is 25.1 Å². The maximum atomic E-state index is 12.2. The lowest BCUT2D eigenvalue weighted by atomic mass is 10.1. The molecule has 0 aliphatic rings. The van der Waals surface area contributed by atoms with Crippen molar-refractivity contribution in [1.29, 1.82) is 0 Å². The number of para-hydroxylation sites is 1. The van der Waals surface area contributed by atoms with Crippen LogP contribution in [0.15, 0.2) is 48.5 Å². The molecule has 0 unspecified atom stereocenters. The fourth-order valence-electron chi connectivity index (χ4n) is 2.67. The van der Waals surface area contributed by atoms with Gasteiger partial charge < -0.3 is 19.7 Å². The van der Waals surface area contributed by atoms with Crippen molar-refractivity contribution in [3.05, 3.63) is 54.1 Å². The van der Waals surface area contributed by atoms with Crippen molar-refractivity contribution in [3.63, 3.8) is 0 Å². The molecule has 2 rings (SSSR count). The van der Waals surface area contributed by atoms with E-state index >= 15 is 0 Å². The summed E-state index contributed by atoms with van der Waals surface area (Å²) in [7, 11) is 1.61. The number of ether oxygens (including phenoxy) is 2. The number of carbonyl (C=O) groups is 2. The summed E-state index contributed by atoms with van der Waals surface area (Å²) in [4.78, 5) is 25.8. The average Bonchev–Trinajstić information content (AvgIpc) is 2.69. The number of aryl methyl sites for hydroxylation is 1. The molecule has 0 aliphatic heterocycles. The second kappa shape index (κ2) is 10.2. The van der Waals surface area contributed by atoms with E-state index in [0.717, 1.165) is 23.4 Å². The highest BCUT2D eigenvalue weighted by molar-refractivity contribution is 5.98. The van der Waals surface area contributed by atoms with Crippen molar-refractivity contribution in [2.45, 2.75) is 20.3 Å². The molecule has 0 spiro atoms. The van der Waals surface area contributed by atoms with E-state index in [0.29, 0.717) is 18.9 Å². The molecule has 0 saturated carbocycles. The van der Waals surface area contributed by atoms with Crippen LogP contribution in [0.1, 0.15) is 19.4 Å². The van der Waals surface area contributed by atoms with Gasteiger partial charge in [-0.25, -0.2) is 0 Å². The van der Waals surface area contributed by atoms with Crippen molar-refractivity contribution in [1.82, 2.24) is 5.32 Å². The Labute approximate surface area is 160 Å². The average molecular weight is 370 g/mol. The first-order valence-corrected chi connectivity index (χ1v) is 8.94. The van der Waals surface area contributed by atoms with Gasteiger partial charge >= 0.3 is 0 Å². The number of nitrogens with zero attached hydrogens (tertiary/aromatic N) is 1. The Hall–Kier alpha value is -3.02. The molecule has 1 N–H and O–H groups in total.